The van der Waals surface area contributed by atoms with Crippen LogP contribution >= 0.6 is 11.8 Å². The zero-order valence-electron chi connectivity index (χ0n) is 12.2. The van der Waals surface area contributed by atoms with Gasteiger partial charge in [-0.05, 0) is 31.4 Å². The fourth-order valence-corrected chi connectivity index (χ4v) is 3.76. The van der Waals surface area contributed by atoms with Crippen molar-refractivity contribution in [3.05, 3.63) is 24.3 Å². The van der Waals surface area contributed by atoms with Crippen molar-refractivity contribution in [3.63, 3.8) is 0 Å². The molecule has 0 atom stereocenters. The summed E-state index contributed by atoms with van der Waals surface area (Å²) in [5.41, 5.74) is 1.94. The Hall–Kier alpha value is -2.02. The Balaban J connectivity index is 1.55. The molecule has 6 nitrogen and oxygen atoms in total. The van der Waals surface area contributed by atoms with Gasteiger partial charge in [0.1, 0.15) is 0 Å². The van der Waals surface area contributed by atoms with Crippen LogP contribution in [0.25, 0.3) is 16.8 Å². The van der Waals surface area contributed by atoms with Crippen LogP contribution in [0.15, 0.2) is 29.4 Å². The first-order valence-electron chi connectivity index (χ1n) is 7.55. The third-order valence-electron chi connectivity index (χ3n) is 4.04. The van der Waals surface area contributed by atoms with Crippen LogP contribution in [0.5, 0.6) is 0 Å². The summed E-state index contributed by atoms with van der Waals surface area (Å²) in [5.74, 6) is 1.34. The molecule has 3 heterocycles. The number of amides is 1. The molecule has 1 N–H and O–H groups in total. The number of imidazole rings is 1. The fraction of sp³-hybridized carbons (Fsp3) is 0.400. The van der Waals surface area contributed by atoms with Crippen LogP contribution in [0.1, 0.15) is 19.3 Å². The Morgan fingerprint density at radius 2 is 2.05 bits per heavy atom. The van der Waals surface area contributed by atoms with Crippen LogP contribution in [0.3, 0.4) is 0 Å². The number of nitrogens with one attached hydrogen (secondary N) is 1. The minimum atomic E-state index is 0.199. The standard InChI is InChI=1S/C15H17N5OS/c21-13(19-8-4-1-5-9-19)10-22-15-18-17-14-16-11-6-2-3-7-12(11)20(14)15/h2-3,6-7H,1,4-5,8-10H2,(H,16,17). The number of aromatic amines is 1. The number of hydrogen-bond donors (Lipinski definition) is 1. The summed E-state index contributed by atoms with van der Waals surface area (Å²) in [6.45, 7) is 1.78. The number of nitrogens with zero attached hydrogens (tertiary/aromatic N) is 4. The number of piperidine rings is 1. The molecule has 1 amide bonds. The van der Waals surface area contributed by atoms with Gasteiger partial charge in [0.05, 0.1) is 16.8 Å². The van der Waals surface area contributed by atoms with Crippen LogP contribution in [0.2, 0.25) is 0 Å². The van der Waals surface area contributed by atoms with Gasteiger partial charge in [0.2, 0.25) is 11.7 Å². The highest BCUT2D eigenvalue weighted by atomic mass is 32.2. The molecule has 2 aromatic heterocycles. The number of thioether (sulfide) groups is 1. The molecular weight excluding hydrogens is 298 g/mol. The summed E-state index contributed by atoms with van der Waals surface area (Å²) in [7, 11) is 0. The van der Waals surface area contributed by atoms with Crippen molar-refractivity contribution >= 4 is 34.5 Å². The quantitative estimate of drug-likeness (QED) is 0.753. The monoisotopic (exact) mass is 315 g/mol. The van der Waals surface area contributed by atoms with E-state index in [0.717, 1.165) is 42.1 Å². The summed E-state index contributed by atoms with van der Waals surface area (Å²) in [5, 5.41) is 8.01. The fourth-order valence-electron chi connectivity index (χ4n) is 2.90. The average molecular weight is 315 g/mol. The molecule has 4 rings (SSSR count). The topological polar surface area (TPSA) is 66.3 Å². The highest BCUT2D eigenvalue weighted by molar-refractivity contribution is 7.99. The van der Waals surface area contributed by atoms with Crippen LogP contribution in [0.4, 0.5) is 0 Å². The zero-order chi connectivity index (χ0) is 14.9. The van der Waals surface area contributed by atoms with E-state index in [1.807, 2.05) is 33.6 Å². The first-order valence-corrected chi connectivity index (χ1v) is 8.53. The average Bonchev–Trinajstić information content (AvgIpc) is 3.12. The largest absolute Gasteiger partial charge is 0.342 e. The van der Waals surface area contributed by atoms with E-state index in [2.05, 4.69) is 15.2 Å². The highest BCUT2D eigenvalue weighted by Crippen LogP contribution is 2.23. The molecule has 22 heavy (non-hydrogen) atoms. The third kappa shape index (κ3) is 2.35. The molecular formula is C15H17N5OS. The minimum Gasteiger partial charge on any atom is -0.342 e. The van der Waals surface area contributed by atoms with Crippen LogP contribution in [0, 0.1) is 0 Å². The molecule has 1 saturated heterocycles. The molecule has 3 aromatic rings. The lowest BCUT2D eigenvalue weighted by atomic mass is 10.1. The number of aromatic nitrogens is 4. The second-order valence-corrected chi connectivity index (χ2v) is 6.44. The van der Waals surface area contributed by atoms with E-state index in [1.54, 1.807) is 0 Å². The number of carbonyl (C=O) groups is 1. The first-order chi connectivity index (χ1) is 10.8. The van der Waals surface area contributed by atoms with Gasteiger partial charge in [-0.1, -0.05) is 23.9 Å². The van der Waals surface area contributed by atoms with E-state index >= 15 is 0 Å². The minimum absolute atomic E-state index is 0.199. The van der Waals surface area contributed by atoms with E-state index in [9.17, 15) is 4.79 Å². The van der Waals surface area contributed by atoms with Gasteiger partial charge in [-0.15, -0.1) is 5.10 Å². The van der Waals surface area contributed by atoms with Gasteiger partial charge in [-0.2, -0.15) is 0 Å². The molecule has 1 aromatic carbocycles. The molecule has 1 fully saturated rings. The lowest BCUT2D eigenvalue weighted by Crippen LogP contribution is -2.36. The summed E-state index contributed by atoms with van der Waals surface area (Å²) in [6, 6.07) is 7.94. The maximum Gasteiger partial charge on any atom is 0.233 e. The normalized spacial score (nSPS) is 15.7. The molecule has 7 heteroatoms. The van der Waals surface area contributed by atoms with Gasteiger partial charge < -0.3 is 4.90 Å². The zero-order valence-corrected chi connectivity index (χ0v) is 13.0. The number of H-pyrrole nitrogens is 1. The number of para-hydroxylation sites is 2. The van der Waals surface area contributed by atoms with Crippen LogP contribution in [-0.4, -0.2) is 49.2 Å². The number of rotatable bonds is 3. The second-order valence-electron chi connectivity index (χ2n) is 5.50. The van der Waals surface area contributed by atoms with E-state index in [4.69, 9.17) is 0 Å². The van der Waals surface area contributed by atoms with Gasteiger partial charge in [-0.3, -0.25) is 9.20 Å². The summed E-state index contributed by atoms with van der Waals surface area (Å²) in [6.07, 6.45) is 3.47. The Labute approximate surface area is 131 Å². The molecule has 0 bridgehead atoms. The van der Waals surface area contributed by atoms with Gasteiger partial charge >= 0.3 is 0 Å². The molecule has 0 spiro atoms. The number of benzene rings is 1. The van der Waals surface area contributed by atoms with Crippen molar-refractivity contribution < 1.29 is 4.79 Å². The lowest BCUT2D eigenvalue weighted by Gasteiger charge is -2.26. The number of carbonyl (C=O) groups excluding carboxylic acids is 1. The van der Waals surface area contributed by atoms with E-state index in [-0.39, 0.29) is 5.91 Å². The van der Waals surface area contributed by atoms with Crippen molar-refractivity contribution in [2.75, 3.05) is 18.8 Å². The number of likely N-dealkylation sites (tertiary alicyclic amines) is 1. The predicted octanol–water partition coefficient (Wildman–Crippen LogP) is 2.32. The Bertz CT molecular complexity index is 818. The molecule has 114 valence electrons. The highest BCUT2D eigenvalue weighted by Gasteiger charge is 2.18. The molecule has 1 aliphatic rings. The maximum atomic E-state index is 12.3. The van der Waals surface area contributed by atoms with Gasteiger partial charge in [0.15, 0.2) is 5.16 Å². The van der Waals surface area contributed by atoms with Gasteiger partial charge in [0.25, 0.3) is 0 Å². The Kier molecular flexibility index (Phi) is 3.49. The summed E-state index contributed by atoms with van der Waals surface area (Å²) in [4.78, 5) is 18.7. The molecule has 0 radical (unpaired) electrons. The van der Waals surface area contributed by atoms with E-state index in [1.165, 1.54) is 18.2 Å². The number of fused-ring (bicyclic) bond motifs is 3. The molecule has 0 unspecified atom stereocenters. The van der Waals surface area contributed by atoms with Gasteiger partial charge in [0, 0.05) is 13.1 Å². The van der Waals surface area contributed by atoms with Crippen LogP contribution < -0.4 is 0 Å². The van der Waals surface area contributed by atoms with E-state index < -0.39 is 0 Å². The lowest BCUT2D eigenvalue weighted by molar-refractivity contribution is -0.129. The van der Waals surface area contributed by atoms with Crippen molar-refractivity contribution in [2.45, 2.75) is 24.4 Å². The van der Waals surface area contributed by atoms with Crippen molar-refractivity contribution in [3.8, 4) is 0 Å². The van der Waals surface area contributed by atoms with Gasteiger partial charge in [-0.25, -0.2) is 10.1 Å². The summed E-state index contributed by atoms with van der Waals surface area (Å²) < 4.78 is 1.98. The van der Waals surface area contributed by atoms with Crippen molar-refractivity contribution in [1.29, 1.82) is 0 Å². The second kappa shape index (κ2) is 5.64. The van der Waals surface area contributed by atoms with Crippen molar-refractivity contribution in [2.24, 2.45) is 0 Å². The van der Waals surface area contributed by atoms with Crippen molar-refractivity contribution in [1.82, 2.24) is 24.5 Å². The SMILES string of the molecule is O=C(CSc1n[nH]c2nc3ccccc3n12)N1CCCCC1. The Morgan fingerprint density at radius 1 is 1.23 bits per heavy atom. The third-order valence-corrected chi connectivity index (χ3v) is 4.96. The van der Waals surface area contributed by atoms with Crippen LogP contribution in [-0.2, 0) is 4.79 Å². The smallest absolute Gasteiger partial charge is 0.233 e. The summed E-state index contributed by atoms with van der Waals surface area (Å²) >= 11 is 1.47. The molecule has 1 aliphatic heterocycles. The molecule has 0 saturated carbocycles. The molecule has 0 aliphatic carbocycles. The van der Waals surface area contributed by atoms with E-state index in [0.29, 0.717) is 11.5 Å². The Morgan fingerprint density at radius 3 is 2.91 bits per heavy atom. The maximum absolute atomic E-state index is 12.3. The predicted molar refractivity (Wildman–Crippen MR) is 86.0 cm³/mol. The first kappa shape index (κ1) is 13.6. The number of hydrogen-bond acceptors (Lipinski definition) is 4.